The number of carbonyl (C=O) groups excluding carboxylic acids is 1. The highest BCUT2D eigenvalue weighted by atomic mass is 16.7. The minimum absolute atomic E-state index is 0.188. The lowest BCUT2D eigenvalue weighted by Crippen LogP contribution is -2.66. The van der Waals surface area contributed by atoms with Gasteiger partial charge in [0.2, 0.25) is 5.91 Å². The molecule has 0 saturated carbocycles. The van der Waals surface area contributed by atoms with Gasteiger partial charge >= 0.3 is 0 Å². The van der Waals surface area contributed by atoms with Crippen molar-refractivity contribution in [1.82, 2.24) is 5.32 Å². The van der Waals surface area contributed by atoms with Crippen LogP contribution in [0.4, 0.5) is 0 Å². The molecule has 2 heterocycles. The molecule has 2 aliphatic heterocycles. The van der Waals surface area contributed by atoms with Gasteiger partial charge < -0.3 is 29.7 Å². The van der Waals surface area contributed by atoms with Gasteiger partial charge in [0.1, 0.15) is 24.4 Å². The van der Waals surface area contributed by atoms with Gasteiger partial charge in [0, 0.05) is 12.0 Å². The van der Waals surface area contributed by atoms with Crippen molar-refractivity contribution in [3.8, 4) is 0 Å². The molecule has 1 unspecified atom stereocenters. The predicted molar refractivity (Wildman–Crippen MR) is 83.7 cm³/mol. The van der Waals surface area contributed by atoms with Gasteiger partial charge in [-0.1, -0.05) is 37.3 Å². The highest BCUT2D eigenvalue weighted by Crippen LogP contribution is 2.33. The highest BCUT2D eigenvalue weighted by molar-refractivity contribution is 5.76. The zero-order valence-electron chi connectivity index (χ0n) is 13.5. The van der Waals surface area contributed by atoms with Gasteiger partial charge in [0.15, 0.2) is 12.6 Å². The predicted octanol–water partition coefficient (Wildman–Crippen LogP) is 0.464. The fourth-order valence-electron chi connectivity index (χ4n) is 3.03. The molecule has 3 N–H and O–H groups in total. The molecule has 1 aromatic rings. The number of benzene rings is 1. The van der Waals surface area contributed by atoms with Gasteiger partial charge in [-0.05, 0) is 6.42 Å². The molecular formula is C17H23NO6. The van der Waals surface area contributed by atoms with Gasteiger partial charge in [-0.3, -0.25) is 4.79 Å². The van der Waals surface area contributed by atoms with Crippen molar-refractivity contribution in [2.24, 2.45) is 0 Å². The third kappa shape index (κ3) is 3.60. The number of hydrogen-bond donors (Lipinski definition) is 3. The molecule has 6 atom stereocenters. The summed E-state index contributed by atoms with van der Waals surface area (Å²) in [5.41, 5.74) is 0.834. The first-order valence-electron chi connectivity index (χ1n) is 8.23. The fraction of sp³-hybridized carbons (Fsp3) is 0.588. The van der Waals surface area contributed by atoms with Crippen molar-refractivity contribution >= 4 is 5.91 Å². The number of hydrogen-bond acceptors (Lipinski definition) is 6. The normalized spacial score (nSPS) is 36.0. The van der Waals surface area contributed by atoms with Gasteiger partial charge in [-0.25, -0.2) is 0 Å². The van der Waals surface area contributed by atoms with Gasteiger partial charge in [-0.2, -0.15) is 0 Å². The molecule has 0 bridgehead atoms. The number of nitrogens with one attached hydrogen (secondary N) is 1. The molecule has 24 heavy (non-hydrogen) atoms. The minimum Gasteiger partial charge on any atom is -0.388 e. The van der Waals surface area contributed by atoms with Crippen LogP contribution in [0.15, 0.2) is 30.3 Å². The summed E-state index contributed by atoms with van der Waals surface area (Å²) in [4.78, 5) is 11.8. The van der Waals surface area contributed by atoms with Crippen LogP contribution in [0.5, 0.6) is 0 Å². The summed E-state index contributed by atoms with van der Waals surface area (Å²) in [6, 6.07) is 8.45. The molecule has 3 rings (SSSR count). The minimum atomic E-state index is -1.30. The van der Waals surface area contributed by atoms with Crippen LogP contribution in [0.3, 0.4) is 0 Å². The molecule has 2 aliphatic rings. The summed E-state index contributed by atoms with van der Waals surface area (Å²) < 4.78 is 16.9. The number of carbonyl (C=O) groups is 1. The number of amides is 1. The summed E-state index contributed by atoms with van der Waals surface area (Å²) in [6.07, 6.45) is -3.29. The van der Waals surface area contributed by atoms with Crippen LogP contribution in [0.1, 0.15) is 31.6 Å². The van der Waals surface area contributed by atoms with Crippen LogP contribution in [-0.2, 0) is 19.0 Å². The maximum absolute atomic E-state index is 11.8. The van der Waals surface area contributed by atoms with E-state index in [9.17, 15) is 15.0 Å². The van der Waals surface area contributed by atoms with E-state index in [0.29, 0.717) is 12.8 Å². The number of ether oxygens (including phenoxy) is 3. The smallest absolute Gasteiger partial charge is 0.220 e. The van der Waals surface area contributed by atoms with E-state index in [1.54, 1.807) is 0 Å². The zero-order valence-corrected chi connectivity index (χ0v) is 13.5. The quantitative estimate of drug-likeness (QED) is 0.739. The monoisotopic (exact) mass is 337 g/mol. The molecule has 0 aromatic heterocycles. The Morgan fingerprint density at radius 2 is 2.00 bits per heavy atom. The summed E-state index contributed by atoms with van der Waals surface area (Å²) in [7, 11) is 0. The molecule has 0 radical (unpaired) electrons. The van der Waals surface area contributed by atoms with E-state index in [2.05, 4.69) is 5.32 Å². The average Bonchev–Trinajstić information content (AvgIpc) is 2.59. The van der Waals surface area contributed by atoms with Gasteiger partial charge in [-0.15, -0.1) is 0 Å². The van der Waals surface area contributed by atoms with Gasteiger partial charge in [0.25, 0.3) is 0 Å². The lowest BCUT2D eigenvalue weighted by molar-refractivity contribution is -0.337. The molecule has 0 spiro atoms. The van der Waals surface area contributed by atoms with E-state index in [1.165, 1.54) is 0 Å². The van der Waals surface area contributed by atoms with Crippen molar-refractivity contribution in [1.29, 1.82) is 0 Å². The first-order chi connectivity index (χ1) is 11.6. The third-order valence-electron chi connectivity index (χ3n) is 4.26. The molecular weight excluding hydrogens is 314 g/mol. The van der Waals surface area contributed by atoms with Crippen molar-refractivity contribution in [3.63, 3.8) is 0 Å². The Balaban J connectivity index is 1.70. The second-order valence-electron chi connectivity index (χ2n) is 6.08. The van der Waals surface area contributed by atoms with E-state index in [1.807, 2.05) is 37.3 Å². The van der Waals surface area contributed by atoms with Crippen LogP contribution in [0.25, 0.3) is 0 Å². The Morgan fingerprint density at radius 3 is 2.71 bits per heavy atom. The largest absolute Gasteiger partial charge is 0.388 e. The maximum atomic E-state index is 11.8. The first kappa shape index (κ1) is 17.3. The summed E-state index contributed by atoms with van der Waals surface area (Å²) in [5.74, 6) is -0.241. The van der Waals surface area contributed by atoms with E-state index >= 15 is 0 Å². The van der Waals surface area contributed by atoms with Crippen LogP contribution in [0.2, 0.25) is 0 Å². The summed E-state index contributed by atoms with van der Waals surface area (Å²) >= 11 is 0. The van der Waals surface area contributed by atoms with Crippen LogP contribution in [0, 0.1) is 0 Å². The van der Waals surface area contributed by atoms with E-state index in [4.69, 9.17) is 14.2 Å². The van der Waals surface area contributed by atoms with Gasteiger partial charge in [0.05, 0.1) is 6.61 Å². The topological polar surface area (TPSA) is 97.3 Å². The zero-order chi connectivity index (χ0) is 17.1. The maximum Gasteiger partial charge on any atom is 0.220 e. The second kappa shape index (κ2) is 7.58. The molecule has 132 valence electrons. The highest BCUT2D eigenvalue weighted by Gasteiger charge is 2.49. The number of fused-ring (bicyclic) bond motifs is 1. The Morgan fingerprint density at radius 1 is 1.25 bits per heavy atom. The average molecular weight is 337 g/mol. The number of aliphatic hydroxyl groups excluding tert-OH is 2. The van der Waals surface area contributed by atoms with E-state index in [0.717, 1.165) is 5.56 Å². The summed E-state index contributed by atoms with van der Waals surface area (Å²) in [5, 5.41) is 23.3. The van der Waals surface area contributed by atoms with Crippen molar-refractivity contribution in [2.75, 3.05) is 6.61 Å². The Kier molecular flexibility index (Phi) is 5.47. The molecule has 0 aliphatic carbocycles. The molecule has 2 fully saturated rings. The van der Waals surface area contributed by atoms with Crippen LogP contribution >= 0.6 is 0 Å². The standard InChI is InChI=1S/C17H23NO6/c1-2-6-12(19)18-13-14(20)15-11(23-16(13)21)9-22-17(24-15)10-7-4-3-5-8-10/h3-5,7-8,11,13-17,20-21H,2,6,9H2,1H3,(H,18,19)/t11-,13-,14-,15-,16?,17-/m1/s1. The molecule has 1 amide bonds. The Bertz CT molecular complexity index is 553. The van der Waals surface area contributed by atoms with Crippen molar-refractivity contribution in [2.45, 2.75) is 56.7 Å². The van der Waals surface area contributed by atoms with Crippen molar-refractivity contribution < 1.29 is 29.2 Å². The second-order valence-corrected chi connectivity index (χ2v) is 6.08. The summed E-state index contributed by atoms with van der Waals surface area (Å²) in [6.45, 7) is 2.07. The van der Waals surface area contributed by atoms with E-state index in [-0.39, 0.29) is 12.5 Å². The number of aliphatic hydroxyl groups is 2. The molecule has 1 aromatic carbocycles. The Hall–Kier alpha value is -1.51. The lowest BCUT2D eigenvalue weighted by Gasteiger charge is -2.46. The van der Waals surface area contributed by atoms with Crippen molar-refractivity contribution in [3.05, 3.63) is 35.9 Å². The van der Waals surface area contributed by atoms with Crippen LogP contribution in [-0.4, -0.2) is 53.4 Å². The Labute approximate surface area is 140 Å². The first-order valence-corrected chi connectivity index (χ1v) is 8.23. The SMILES string of the molecule is CCCC(=O)N[C@H]1C(O)O[C@@H]2CO[C@@H](c3ccccc3)O[C@H]2[C@@H]1O. The number of rotatable bonds is 4. The molecule has 7 heteroatoms. The van der Waals surface area contributed by atoms with E-state index < -0.39 is 36.9 Å². The fourth-order valence-corrected chi connectivity index (χ4v) is 3.03. The van der Waals surface area contributed by atoms with Crippen LogP contribution < -0.4 is 5.32 Å². The lowest BCUT2D eigenvalue weighted by atomic mass is 9.95. The molecule has 2 saturated heterocycles. The third-order valence-corrected chi connectivity index (χ3v) is 4.26. The molecule has 7 nitrogen and oxygen atoms in total.